The second-order valence-electron chi connectivity index (χ2n) is 4.38. The number of aromatic nitrogens is 2. The molecule has 19 heavy (non-hydrogen) atoms. The van der Waals surface area contributed by atoms with Crippen LogP contribution in [0.5, 0.6) is 0 Å². The van der Waals surface area contributed by atoms with Crippen molar-refractivity contribution in [2.75, 3.05) is 23.8 Å². The van der Waals surface area contributed by atoms with E-state index in [1.807, 2.05) is 20.8 Å². The highest BCUT2D eigenvalue weighted by Gasteiger charge is 2.25. The lowest BCUT2D eigenvalue weighted by Crippen LogP contribution is -2.30. The molecule has 0 aliphatic carbocycles. The van der Waals surface area contributed by atoms with Crippen molar-refractivity contribution in [2.45, 2.75) is 26.8 Å². The average Bonchev–Trinajstić information content (AvgIpc) is 2.35. The van der Waals surface area contributed by atoms with Crippen molar-refractivity contribution in [3.63, 3.8) is 0 Å². The molecule has 1 rings (SSSR count). The summed E-state index contributed by atoms with van der Waals surface area (Å²) in [5.41, 5.74) is -0.205. The predicted octanol–water partition coefficient (Wildman–Crippen LogP) is 1.25. The number of nitrogens with zero attached hydrogens (tertiary/aromatic N) is 3. The molecule has 0 amide bonds. The normalized spacial score (nSPS) is 12.3. The molecule has 1 aromatic rings. The summed E-state index contributed by atoms with van der Waals surface area (Å²) in [6, 6.07) is -0.303. The van der Waals surface area contributed by atoms with Crippen molar-refractivity contribution >= 4 is 17.3 Å². The molecular weight excluding hydrogens is 250 g/mol. The van der Waals surface area contributed by atoms with E-state index in [0.717, 1.165) is 0 Å². The number of nitrogens with one attached hydrogen (secondary N) is 2. The van der Waals surface area contributed by atoms with Crippen LogP contribution in [-0.2, 0) is 0 Å². The Morgan fingerprint density at radius 1 is 1.42 bits per heavy atom. The molecular formula is C11H19N5O3. The van der Waals surface area contributed by atoms with Crippen LogP contribution in [0.15, 0.2) is 6.33 Å². The van der Waals surface area contributed by atoms with E-state index in [4.69, 9.17) is 0 Å². The lowest BCUT2D eigenvalue weighted by atomic mass is 10.1. The van der Waals surface area contributed by atoms with Crippen molar-refractivity contribution in [1.29, 1.82) is 0 Å². The second-order valence-corrected chi connectivity index (χ2v) is 4.38. The largest absolute Gasteiger partial charge is 0.394 e. The third-order valence-corrected chi connectivity index (χ3v) is 2.67. The number of aliphatic hydroxyl groups excluding tert-OH is 1. The maximum Gasteiger partial charge on any atom is 0.353 e. The van der Waals surface area contributed by atoms with Crippen molar-refractivity contribution < 1.29 is 10.0 Å². The minimum Gasteiger partial charge on any atom is -0.394 e. The van der Waals surface area contributed by atoms with Gasteiger partial charge < -0.3 is 15.7 Å². The molecule has 0 saturated carbocycles. The molecule has 0 aliphatic rings. The fraction of sp³-hybridized carbons (Fsp3) is 0.636. The van der Waals surface area contributed by atoms with Gasteiger partial charge in [-0.05, 0) is 12.8 Å². The highest BCUT2D eigenvalue weighted by molar-refractivity contribution is 5.69. The Kier molecular flexibility index (Phi) is 5.43. The number of hydrogen-bond acceptors (Lipinski definition) is 7. The van der Waals surface area contributed by atoms with Crippen LogP contribution in [0.4, 0.5) is 17.3 Å². The van der Waals surface area contributed by atoms with Crippen LogP contribution in [-0.4, -0.2) is 39.2 Å². The molecule has 1 heterocycles. The highest BCUT2D eigenvalue weighted by atomic mass is 16.6. The lowest BCUT2D eigenvalue weighted by molar-refractivity contribution is -0.383. The van der Waals surface area contributed by atoms with Gasteiger partial charge in [-0.2, -0.15) is 0 Å². The van der Waals surface area contributed by atoms with Gasteiger partial charge in [0.2, 0.25) is 11.6 Å². The smallest absolute Gasteiger partial charge is 0.353 e. The minimum atomic E-state index is -0.533. The molecule has 0 saturated heterocycles. The quantitative estimate of drug-likeness (QED) is 0.504. The standard InChI is InChI=1S/C11H19N5O3/c1-4-12-10-9(16(18)19)11(14-6-13-10)15-8(5-17)7(2)3/h6-8,17H,4-5H2,1-3H3,(H2,12,13,14,15)/t8-/m1/s1. The number of rotatable bonds is 7. The summed E-state index contributed by atoms with van der Waals surface area (Å²) in [5.74, 6) is 0.399. The third kappa shape index (κ3) is 3.75. The number of aliphatic hydroxyl groups is 1. The zero-order valence-corrected chi connectivity index (χ0v) is 11.3. The Bertz CT molecular complexity index is 438. The van der Waals surface area contributed by atoms with Crippen LogP contribution >= 0.6 is 0 Å². The monoisotopic (exact) mass is 269 g/mol. The summed E-state index contributed by atoms with van der Waals surface area (Å²) >= 11 is 0. The number of nitro groups is 1. The van der Waals surface area contributed by atoms with Crippen molar-refractivity contribution in [3.8, 4) is 0 Å². The summed E-state index contributed by atoms with van der Waals surface area (Å²) in [5, 5.41) is 26.1. The first-order chi connectivity index (χ1) is 9.01. The van der Waals surface area contributed by atoms with Crippen molar-refractivity contribution in [3.05, 3.63) is 16.4 Å². The Balaban J connectivity index is 3.12. The fourth-order valence-electron chi connectivity index (χ4n) is 1.55. The molecule has 0 radical (unpaired) electrons. The Hall–Kier alpha value is -1.96. The first-order valence-corrected chi connectivity index (χ1v) is 6.11. The molecule has 0 unspecified atom stereocenters. The van der Waals surface area contributed by atoms with E-state index in [0.29, 0.717) is 6.54 Å². The van der Waals surface area contributed by atoms with Crippen LogP contribution < -0.4 is 10.6 Å². The molecule has 1 atom stereocenters. The molecule has 106 valence electrons. The predicted molar refractivity (Wildman–Crippen MR) is 72.2 cm³/mol. The lowest BCUT2D eigenvalue weighted by Gasteiger charge is -2.20. The van der Waals surface area contributed by atoms with Crippen molar-refractivity contribution in [1.82, 2.24) is 9.97 Å². The topological polar surface area (TPSA) is 113 Å². The van der Waals surface area contributed by atoms with Gasteiger partial charge in [0.15, 0.2) is 0 Å². The van der Waals surface area contributed by atoms with Gasteiger partial charge in [0.05, 0.1) is 17.6 Å². The molecule has 0 bridgehead atoms. The molecule has 0 fully saturated rings. The van der Waals surface area contributed by atoms with E-state index in [1.165, 1.54) is 6.33 Å². The maximum atomic E-state index is 11.1. The van der Waals surface area contributed by atoms with E-state index >= 15 is 0 Å². The van der Waals surface area contributed by atoms with Crippen LogP contribution in [0.3, 0.4) is 0 Å². The van der Waals surface area contributed by atoms with Crippen LogP contribution in [0.2, 0.25) is 0 Å². The first-order valence-electron chi connectivity index (χ1n) is 6.11. The van der Waals surface area contributed by atoms with E-state index in [-0.39, 0.29) is 35.9 Å². The maximum absolute atomic E-state index is 11.1. The van der Waals surface area contributed by atoms with Crippen molar-refractivity contribution in [2.24, 2.45) is 5.92 Å². The van der Waals surface area contributed by atoms with E-state index < -0.39 is 4.92 Å². The summed E-state index contributed by atoms with van der Waals surface area (Å²) < 4.78 is 0. The first kappa shape index (κ1) is 15.1. The fourth-order valence-corrected chi connectivity index (χ4v) is 1.55. The van der Waals surface area contributed by atoms with Gasteiger partial charge in [-0.15, -0.1) is 0 Å². The zero-order chi connectivity index (χ0) is 14.4. The van der Waals surface area contributed by atoms with Gasteiger partial charge in [0.1, 0.15) is 6.33 Å². The summed E-state index contributed by atoms with van der Waals surface area (Å²) in [6.45, 7) is 6.03. The third-order valence-electron chi connectivity index (χ3n) is 2.67. The van der Waals surface area contributed by atoms with Crippen LogP contribution in [0.1, 0.15) is 20.8 Å². The Morgan fingerprint density at radius 3 is 2.53 bits per heavy atom. The summed E-state index contributed by atoms with van der Waals surface area (Å²) in [7, 11) is 0. The van der Waals surface area contributed by atoms with Gasteiger partial charge in [0.25, 0.3) is 0 Å². The van der Waals surface area contributed by atoms with Gasteiger partial charge in [-0.1, -0.05) is 13.8 Å². The summed E-state index contributed by atoms with van der Waals surface area (Å²) in [4.78, 5) is 18.4. The van der Waals surface area contributed by atoms with Gasteiger partial charge in [0, 0.05) is 6.54 Å². The molecule has 0 aromatic carbocycles. The SMILES string of the molecule is CCNc1ncnc(N[C@H](CO)C(C)C)c1[N+](=O)[O-]. The van der Waals surface area contributed by atoms with Gasteiger partial charge in [-0.25, -0.2) is 9.97 Å². The minimum absolute atomic E-state index is 0.113. The van der Waals surface area contributed by atoms with E-state index in [1.54, 1.807) is 0 Å². The van der Waals surface area contributed by atoms with Gasteiger partial charge in [-0.3, -0.25) is 10.1 Å². The summed E-state index contributed by atoms with van der Waals surface area (Å²) in [6.07, 6.45) is 1.25. The Morgan fingerprint density at radius 2 is 2.05 bits per heavy atom. The van der Waals surface area contributed by atoms with E-state index in [2.05, 4.69) is 20.6 Å². The number of hydrogen-bond donors (Lipinski definition) is 3. The molecule has 0 aliphatic heterocycles. The number of anilines is 2. The molecule has 8 nitrogen and oxygen atoms in total. The second kappa shape index (κ2) is 6.83. The average molecular weight is 269 g/mol. The molecule has 0 spiro atoms. The van der Waals surface area contributed by atoms with Gasteiger partial charge >= 0.3 is 5.69 Å². The molecule has 8 heteroatoms. The molecule has 3 N–H and O–H groups in total. The molecule has 1 aromatic heterocycles. The van der Waals surface area contributed by atoms with E-state index in [9.17, 15) is 15.2 Å². The Labute approximate surface area is 111 Å². The highest BCUT2D eigenvalue weighted by Crippen LogP contribution is 2.29. The zero-order valence-electron chi connectivity index (χ0n) is 11.3. The van der Waals surface area contributed by atoms with Crippen LogP contribution in [0, 0.1) is 16.0 Å². The van der Waals surface area contributed by atoms with Crippen LogP contribution in [0.25, 0.3) is 0 Å².